The maximum absolute atomic E-state index is 13.1. The molecule has 2 aliphatic rings. The van der Waals surface area contributed by atoms with Gasteiger partial charge in [0.2, 0.25) is 0 Å². The molecule has 152 valence electrons. The molecule has 28 heavy (non-hydrogen) atoms. The minimum atomic E-state index is -0.565. The highest BCUT2D eigenvalue weighted by molar-refractivity contribution is 7.08. The Bertz CT molecular complexity index is 791. The molecule has 3 rings (SSSR count). The Balaban J connectivity index is 1.89. The van der Waals surface area contributed by atoms with Gasteiger partial charge in [0.1, 0.15) is 12.5 Å². The molecule has 0 N–H and O–H groups in total. The van der Waals surface area contributed by atoms with Gasteiger partial charge in [0.25, 0.3) is 0 Å². The topological polar surface area (TPSA) is 65.0 Å². The zero-order valence-corrected chi connectivity index (χ0v) is 17.9. The molecule has 5 nitrogen and oxygen atoms in total. The van der Waals surface area contributed by atoms with Crippen molar-refractivity contribution in [3.8, 4) is 0 Å². The molecule has 0 bridgehead atoms. The second-order valence-electron chi connectivity index (χ2n) is 8.35. The fraction of sp³-hybridized carbons (Fsp3) is 0.591. The van der Waals surface area contributed by atoms with Crippen molar-refractivity contribution in [1.29, 1.82) is 0 Å². The molecule has 2 heterocycles. The number of Topliss-reactive ketones (excluding diaryl/α,β-unsaturated/α-hetero) is 1. The van der Waals surface area contributed by atoms with Gasteiger partial charge in [0.05, 0.1) is 6.61 Å². The number of allylic oxidation sites excluding steroid dienone is 2. The van der Waals surface area contributed by atoms with Gasteiger partial charge in [-0.05, 0) is 47.6 Å². The minimum Gasteiger partial charge on any atom is -0.463 e. The highest BCUT2D eigenvalue weighted by atomic mass is 32.1. The first-order chi connectivity index (χ1) is 13.3. The number of esters is 1. The van der Waals surface area contributed by atoms with Crippen molar-refractivity contribution in [3.63, 3.8) is 0 Å². The maximum Gasteiger partial charge on any atom is 0.315 e. The quantitative estimate of drug-likeness (QED) is 0.495. The number of aliphatic imine (C=N–C) groups is 1. The highest BCUT2D eigenvalue weighted by Gasteiger charge is 2.46. The van der Waals surface area contributed by atoms with E-state index in [0.29, 0.717) is 25.2 Å². The first-order valence-electron chi connectivity index (χ1n) is 9.92. The van der Waals surface area contributed by atoms with Gasteiger partial charge in [-0.25, -0.2) is 0 Å². The third-order valence-corrected chi connectivity index (χ3v) is 5.98. The average molecular weight is 404 g/mol. The molecular weight excluding hydrogens is 374 g/mol. The Labute approximate surface area is 170 Å². The van der Waals surface area contributed by atoms with E-state index in [1.807, 2.05) is 30.7 Å². The number of ketones is 1. The van der Waals surface area contributed by atoms with Gasteiger partial charge >= 0.3 is 5.97 Å². The maximum atomic E-state index is 13.1. The largest absolute Gasteiger partial charge is 0.463 e. The lowest BCUT2D eigenvalue weighted by Crippen LogP contribution is -2.39. The smallest absolute Gasteiger partial charge is 0.315 e. The van der Waals surface area contributed by atoms with Crippen LogP contribution in [0.15, 0.2) is 33.1 Å². The van der Waals surface area contributed by atoms with Gasteiger partial charge in [-0.15, -0.1) is 0 Å². The Morgan fingerprint density at radius 2 is 2.07 bits per heavy atom. The molecule has 1 aliphatic carbocycles. The van der Waals surface area contributed by atoms with Crippen molar-refractivity contribution in [2.45, 2.75) is 52.9 Å². The lowest BCUT2D eigenvalue weighted by molar-refractivity contribution is -0.148. The fourth-order valence-electron chi connectivity index (χ4n) is 4.10. The molecule has 0 radical (unpaired) electrons. The van der Waals surface area contributed by atoms with Gasteiger partial charge in [0.15, 0.2) is 5.78 Å². The Hall–Kier alpha value is -1.79. The van der Waals surface area contributed by atoms with Gasteiger partial charge in [-0.2, -0.15) is 11.3 Å². The summed E-state index contributed by atoms with van der Waals surface area (Å²) in [4.78, 5) is 30.7. The van der Waals surface area contributed by atoms with Gasteiger partial charge in [-0.3, -0.25) is 14.6 Å². The predicted octanol–water partition coefficient (Wildman–Crippen LogP) is 4.54. The van der Waals surface area contributed by atoms with E-state index in [2.05, 4.69) is 13.8 Å². The average Bonchev–Trinajstić information content (AvgIpc) is 3.13. The van der Waals surface area contributed by atoms with Crippen LogP contribution < -0.4 is 0 Å². The first-order valence-corrected chi connectivity index (χ1v) is 10.9. The second kappa shape index (κ2) is 8.70. The van der Waals surface area contributed by atoms with Crippen LogP contribution in [0.1, 0.15) is 58.4 Å². The minimum absolute atomic E-state index is 0.0998. The van der Waals surface area contributed by atoms with Crippen molar-refractivity contribution in [2.24, 2.45) is 16.3 Å². The van der Waals surface area contributed by atoms with E-state index in [0.717, 1.165) is 29.8 Å². The van der Waals surface area contributed by atoms with Crippen molar-refractivity contribution < 1.29 is 19.1 Å². The number of hydrogen-bond acceptors (Lipinski definition) is 6. The molecule has 0 saturated carbocycles. The van der Waals surface area contributed by atoms with Gasteiger partial charge in [0, 0.05) is 35.9 Å². The van der Waals surface area contributed by atoms with E-state index in [9.17, 15) is 9.59 Å². The molecule has 2 atom stereocenters. The zero-order valence-electron chi connectivity index (χ0n) is 17.1. The summed E-state index contributed by atoms with van der Waals surface area (Å²) >= 11 is 1.57. The van der Waals surface area contributed by atoms with Crippen LogP contribution in [0, 0.1) is 11.3 Å². The Morgan fingerprint density at radius 1 is 1.29 bits per heavy atom. The molecule has 1 aromatic heterocycles. The standard InChI is InChI=1S/C22H29NO4S/c1-5-7-26-8-9-27-21(25)18-14(2)23-16-11-22(3,4)12-17(24)20(16)19(18)15-6-10-28-13-15/h6,10,13,18-19H,5,7-9,11-12H2,1-4H3/t18?,19-/m1/s1. The summed E-state index contributed by atoms with van der Waals surface area (Å²) in [6.07, 6.45) is 2.16. The van der Waals surface area contributed by atoms with E-state index in [4.69, 9.17) is 14.5 Å². The monoisotopic (exact) mass is 403 g/mol. The Morgan fingerprint density at radius 3 is 2.75 bits per heavy atom. The molecular formula is C22H29NO4S. The molecule has 0 fully saturated rings. The molecule has 1 aromatic rings. The predicted molar refractivity (Wildman–Crippen MR) is 111 cm³/mol. The number of nitrogens with zero attached hydrogens (tertiary/aromatic N) is 1. The van der Waals surface area contributed by atoms with Crippen LogP contribution in [0.4, 0.5) is 0 Å². The summed E-state index contributed by atoms with van der Waals surface area (Å²) in [7, 11) is 0. The summed E-state index contributed by atoms with van der Waals surface area (Å²) in [5, 5.41) is 4.00. The van der Waals surface area contributed by atoms with Crippen molar-refractivity contribution in [2.75, 3.05) is 19.8 Å². The normalized spacial score (nSPS) is 24.0. The summed E-state index contributed by atoms with van der Waals surface area (Å²) in [5.74, 6) is -1.11. The van der Waals surface area contributed by atoms with Gasteiger partial charge < -0.3 is 9.47 Å². The highest BCUT2D eigenvalue weighted by Crippen LogP contribution is 2.48. The van der Waals surface area contributed by atoms with Crippen molar-refractivity contribution >= 4 is 28.8 Å². The molecule has 6 heteroatoms. The molecule has 0 amide bonds. The molecule has 1 unspecified atom stereocenters. The summed E-state index contributed by atoms with van der Waals surface area (Å²) in [5.41, 5.74) is 3.14. The third-order valence-electron chi connectivity index (χ3n) is 5.28. The number of thiophene rings is 1. The van der Waals surface area contributed by atoms with Gasteiger partial charge in [-0.1, -0.05) is 20.8 Å². The fourth-order valence-corrected chi connectivity index (χ4v) is 4.80. The molecule has 0 saturated heterocycles. The molecule has 0 spiro atoms. The van der Waals surface area contributed by atoms with E-state index < -0.39 is 5.92 Å². The van der Waals surface area contributed by atoms with Crippen LogP contribution in [0.2, 0.25) is 0 Å². The lowest BCUT2D eigenvalue weighted by atomic mass is 9.67. The van der Waals surface area contributed by atoms with Crippen LogP contribution in [-0.2, 0) is 19.1 Å². The zero-order chi connectivity index (χ0) is 20.3. The van der Waals surface area contributed by atoms with Crippen LogP contribution in [0.5, 0.6) is 0 Å². The summed E-state index contributed by atoms with van der Waals surface area (Å²) in [6, 6.07) is 2.00. The van der Waals surface area contributed by atoms with Crippen molar-refractivity contribution in [1.82, 2.24) is 0 Å². The van der Waals surface area contributed by atoms with Crippen LogP contribution in [-0.4, -0.2) is 37.3 Å². The molecule has 1 aliphatic heterocycles. The van der Waals surface area contributed by atoms with E-state index in [-0.39, 0.29) is 29.7 Å². The van der Waals surface area contributed by atoms with E-state index >= 15 is 0 Å². The Kier molecular flexibility index (Phi) is 6.50. The number of rotatable bonds is 7. The molecule has 0 aromatic carbocycles. The van der Waals surface area contributed by atoms with E-state index in [1.165, 1.54) is 0 Å². The number of hydrogen-bond donors (Lipinski definition) is 0. The number of carbonyl (C=O) groups excluding carboxylic acids is 2. The van der Waals surface area contributed by atoms with Crippen LogP contribution in [0.3, 0.4) is 0 Å². The number of ether oxygens (including phenoxy) is 2. The second-order valence-corrected chi connectivity index (χ2v) is 9.13. The summed E-state index contributed by atoms with van der Waals surface area (Å²) in [6.45, 7) is 9.34. The van der Waals surface area contributed by atoms with Crippen molar-refractivity contribution in [3.05, 3.63) is 33.7 Å². The lowest BCUT2D eigenvalue weighted by Gasteiger charge is -2.38. The van der Waals surface area contributed by atoms with Crippen LogP contribution >= 0.6 is 11.3 Å². The van der Waals surface area contributed by atoms with Crippen LogP contribution in [0.25, 0.3) is 0 Å². The third kappa shape index (κ3) is 4.44. The summed E-state index contributed by atoms with van der Waals surface area (Å²) < 4.78 is 10.9. The van der Waals surface area contributed by atoms with E-state index in [1.54, 1.807) is 11.3 Å². The number of carbonyl (C=O) groups is 2. The first kappa shape index (κ1) is 20.9. The SMILES string of the molecule is CCCOCCOC(=O)C1C(C)=NC2=C(C(=O)CC(C)(C)C2)[C@@H]1c1ccsc1.